The molecule has 3 aliphatic carbocycles. The Morgan fingerprint density at radius 3 is 2.45 bits per heavy atom. The highest BCUT2D eigenvalue weighted by Gasteiger charge is 2.92. The second-order valence-corrected chi connectivity index (χ2v) is 15.8. The molecule has 12 nitrogen and oxygen atoms in total. The molecule has 0 aromatic rings. The van der Waals surface area contributed by atoms with E-state index in [4.69, 9.17) is 33.2 Å². The molecule has 0 radical (unpaired) electrons. The van der Waals surface area contributed by atoms with E-state index >= 15 is 0 Å². The fraction of sp³-hybridized carbons (Fsp3) is 0.771. The van der Waals surface area contributed by atoms with Crippen LogP contribution in [0.5, 0.6) is 0 Å². The summed E-state index contributed by atoms with van der Waals surface area (Å²) in [4.78, 5) is 51.7. The molecule has 12 heteroatoms. The molecule has 5 aliphatic heterocycles. The van der Waals surface area contributed by atoms with Gasteiger partial charge in [-0.3, -0.25) is 9.59 Å². The van der Waals surface area contributed by atoms with E-state index in [1.165, 1.54) is 6.92 Å². The van der Waals surface area contributed by atoms with E-state index < -0.39 is 94.2 Å². The van der Waals surface area contributed by atoms with E-state index in [0.29, 0.717) is 17.6 Å². The van der Waals surface area contributed by atoms with Gasteiger partial charge in [0.2, 0.25) is 0 Å². The molecule has 0 amide bonds. The van der Waals surface area contributed by atoms with Crippen LogP contribution in [0, 0.1) is 23.7 Å². The molecular weight excluding hydrogens is 612 g/mol. The van der Waals surface area contributed by atoms with Gasteiger partial charge in [0.15, 0.2) is 0 Å². The summed E-state index contributed by atoms with van der Waals surface area (Å²) in [5.74, 6) is -3.45. The lowest BCUT2D eigenvalue weighted by Gasteiger charge is -2.56. The summed E-state index contributed by atoms with van der Waals surface area (Å²) in [6.45, 7) is 12.4. The number of hydrogen-bond donors (Lipinski definition) is 1. The summed E-state index contributed by atoms with van der Waals surface area (Å²) < 4.78 is 44.8. The van der Waals surface area contributed by atoms with E-state index in [1.54, 1.807) is 32.9 Å². The normalized spacial score (nSPS) is 51.7. The van der Waals surface area contributed by atoms with Crippen molar-refractivity contribution >= 4 is 23.9 Å². The predicted molar refractivity (Wildman–Crippen MR) is 159 cm³/mol. The van der Waals surface area contributed by atoms with Gasteiger partial charge < -0.3 is 38.3 Å². The van der Waals surface area contributed by atoms with Crippen LogP contribution >= 0.6 is 0 Å². The van der Waals surface area contributed by atoms with E-state index in [0.717, 1.165) is 0 Å². The quantitative estimate of drug-likeness (QED) is 0.205. The first-order valence-electron chi connectivity index (χ1n) is 16.9. The maximum absolute atomic E-state index is 13.6. The molecule has 8 rings (SSSR count). The third kappa shape index (κ3) is 3.90. The van der Waals surface area contributed by atoms with E-state index in [1.807, 2.05) is 13.8 Å². The minimum atomic E-state index is -1.69. The number of aliphatic hydroxyl groups is 1. The van der Waals surface area contributed by atoms with Crippen LogP contribution in [0.4, 0.5) is 0 Å². The molecule has 256 valence electrons. The van der Waals surface area contributed by atoms with Crippen LogP contribution in [0.15, 0.2) is 23.3 Å². The third-order valence-corrected chi connectivity index (χ3v) is 13.1. The van der Waals surface area contributed by atoms with Crippen LogP contribution in [0.25, 0.3) is 0 Å². The zero-order valence-electron chi connectivity index (χ0n) is 27.9. The lowest BCUT2D eigenvalue weighted by atomic mass is 9.55. The molecule has 0 aromatic carbocycles. The largest absolute Gasteiger partial charge is 0.459 e. The van der Waals surface area contributed by atoms with Crippen molar-refractivity contribution in [3.05, 3.63) is 23.3 Å². The van der Waals surface area contributed by atoms with Crippen molar-refractivity contribution in [2.45, 2.75) is 145 Å². The fourth-order valence-electron chi connectivity index (χ4n) is 11.3. The van der Waals surface area contributed by atoms with Crippen molar-refractivity contribution < 1.29 is 57.4 Å². The van der Waals surface area contributed by atoms with Crippen molar-refractivity contribution in [3.8, 4) is 0 Å². The van der Waals surface area contributed by atoms with Crippen molar-refractivity contribution in [1.29, 1.82) is 0 Å². The zero-order chi connectivity index (χ0) is 33.6. The SMILES string of the molecule is CC=C(C)C(=O)OC1CC2C(C)(C)OC3CC(=O)OC32CC2(O)CC(OC(C)=O)C34OC(C5C=C(C)C(=O)O5)C(C)C3CC3OC34C12. The maximum Gasteiger partial charge on any atom is 0.334 e. The summed E-state index contributed by atoms with van der Waals surface area (Å²) in [6, 6.07) is 0. The number of ether oxygens (including phenoxy) is 7. The van der Waals surface area contributed by atoms with Gasteiger partial charge in [-0.1, -0.05) is 13.0 Å². The molecule has 0 bridgehead atoms. The summed E-state index contributed by atoms with van der Waals surface area (Å²) in [5.41, 5.74) is -5.18. The molecular formula is C35H44O12. The standard InChI is InChI=1S/C35H44O12/c1-8-15(2)29(38)43-21-11-22-31(6,7)44-23-12-26(37)46-33(22,23)14-32(40)13-25(41-18(5)36)34-19(10-24-35(34,45-24)28(21)32)17(4)27(47-34)20-9-16(3)30(39)42-20/h8-9,17,19-25,27-28,40H,10-14H2,1-7H3. The summed E-state index contributed by atoms with van der Waals surface area (Å²) in [5, 5.41) is 13.2. The zero-order valence-corrected chi connectivity index (χ0v) is 27.9. The summed E-state index contributed by atoms with van der Waals surface area (Å²) >= 11 is 0. The second kappa shape index (κ2) is 9.67. The van der Waals surface area contributed by atoms with Crippen molar-refractivity contribution in [1.82, 2.24) is 0 Å². The molecule has 7 fully saturated rings. The maximum atomic E-state index is 13.6. The molecule has 3 saturated carbocycles. The number of esters is 4. The smallest absolute Gasteiger partial charge is 0.334 e. The minimum Gasteiger partial charge on any atom is -0.459 e. The lowest BCUT2D eigenvalue weighted by molar-refractivity contribution is -0.274. The molecule has 4 saturated heterocycles. The van der Waals surface area contributed by atoms with E-state index in [2.05, 4.69) is 6.92 Å². The first-order chi connectivity index (χ1) is 22.0. The van der Waals surface area contributed by atoms with Crippen LogP contribution in [0.3, 0.4) is 0 Å². The summed E-state index contributed by atoms with van der Waals surface area (Å²) in [7, 11) is 0. The third-order valence-electron chi connectivity index (χ3n) is 13.1. The highest BCUT2D eigenvalue weighted by atomic mass is 16.7. The lowest BCUT2D eigenvalue weighted by Crippen LogP contribution is -2.73. The Hall–Kier alpha value is -2.80. The number of fused-ring (bicyclic) bond motifs is 1. The molecule has 5 heterocycles. The predicted octanol–water partition coefficient (Wildman–Crippen LogP) is 2.62. The van der Waals surface area contributed by atoms with Gasteiger partial charge in [0.05, 0.1) is 29.6 Å². The van der Waals surface area contributed by atoms with Gasteiger partial charge in [-0.15, -0.1) is 0 Å². The number of allylic oxidation sites excluding steroid dienone is 1. The van der Waals surface area contributed by atoms with E-state index in [9.17, 15) is 24.3 Å². The van der Waals surface area contributed by atoms with Gasteiger partial charge in [0.1, 0.15) is 47.3 Å². The van der Waals surface area contributed by atoms with Gasteiger partial charge in [-0.2, -0.15) is 0 Å². The molecule has 47 heavy (non-hydrogen) atoms. The monoisotopic (exact) mass is 656 g/mol. The minimum absolute atomic E-state index is 0.0106. The molecule has 8 aliphatic rings. The van der Waals surface area contributed by atoms with Crippen LogP contribution < -0.4 is 0 Å². The molecule has 3 spiro atoms. The first kappa shape index (κ1) is 31.5. The molecule has 0 aromatic heterocycles. The number of carbonyl (C=O) groups excluding carboxylic acids is 4. The topological polar surface area (TPSA) is 156 Å². The van der Waals surface area contributed by atoms with Crippen molar-refractivity contribution in [3.63, 3.8) is 0 Å². The second-order valence-electron chi connectivity index (χ2n) is 15.8. The number of hydrogen-bond acceptors (Lipinski definition) is 12. The van der Waals surface area contributed by atoms with Gasteiger partial charge >= 0.3 is 23.9 Å². The van der Waals surface area contributed by atoms with Crippen LogP contribution in [0.1, 0.15) is 80.6 Å². The number of epoxide rings is 1. The number of carbonyl (C=O) groups is 4. The Morgan fingerprint density at radius 1 is 1.04 bits per heavy atom. The van der Waals surface area contributed by atoms with Gasteiger partial charge in [0, 0.05) is 42.7 Å². The average molecular weight is 657 g/mol. The highest BCUT2D eigenvalue weighted by molar-refractivity contribution is 5.90. The molecule has 14 unspecified atom stereocenters. The average Bonchev–Trinajstić information content (AvgIpc) is 3.13. The van der Waals surface area contributed by atoms with Gasteiger partial charge in [0.25, 0.3) is 0 Å². The Balaban J connectivity index is 1.29. The Morgan fingerprint density at radius 2 is 1.79 bits per heavy atom. The Labute approximate surface area is 273 Å². The highest BCUT2D eigenvalue weighted by Crippen LogP contribution is 2.77. The fourth-order valence-corrected chi connectivity index (χ4v) is 11.3. The van der Waals surface area contributed by atoms with Gasteiger partial charge in [-0.05, 0) is 59.5 Å². The molecule has 14 atom stereocenters. The number of rotatable bonds is 4. The number of cyclic esters (lactones) is 1. The van der Waals surface area contributed by atoms with E-state index in [-0.39, 0.29) is 43.6 Å². The molecule has 1 N–H and O–H groups in total. The van der Waals surface area contributed by atoms with Crippen molar-refractivity contribution in [2.24, 2.45) is 23.7 Å². The van der Waals surface area contributed by atoms with Crippen molar-refractivity contribution in [2.75, 3.05) is 0 Å². The first-order valence-corrected chi connectivity index (χ1v) is 16.9. The van der Waals surface area contributed by atoms with Gasteiger partial charge in [-0.25, -0.2) is 9.59 Å². The Bertz CT molecular complexity index is 1530. The van der Waals surface area contributed by atoms with Crippen LogP contribution in [-0.4, -0.2) is 93.6 Å². The summed E-state index contributed by atoms with van der Waals surface area (Å²) in [6.07, 6.45) is 0.169. The van der Waals surface area contributed by atoms with Crippen LogP contribution in [-0.2, 0) is 52.3 Å². The Kier molecular flexibility index (Phi) is 6.47. The van der Waals surface area contributed by atoms with Crippen LogP contribution in [0.2, 0.25) is 0 Å².